The van der Waals surface area contributed by atoms with Crippen LogP contribution >= 0.6 is 0 Å². The first kappa shape index (κ1) is 10.8. The number of hydrogen-bond acceptors (Lipinski definition) is 1. The maximum atomic E-state index is 11.0. The summed E-state index contributed by atoms with van der Waals surface area (Å²) in [6, 6.07) is 0. The molecule has 0 aromatic heterocycles. The zero-order valence-electron chi connectivity index (χ0n) is 10.8. The van der Waals surface area contributed by atoms with E-state index in [2.05, 4.69) is 27.4 Å². The Morgan fingerprint density at radius 1 is 1.25 bits per heavy atom. The molecule has 1 nitrogen and oxygen atoms in total. The van der Waals surface area contributed by atoms with Gasteiger partial charge >= 0.3 is 0 Å². The van der Waals surface area contributed by atoms with Crippen LogP contribution in [0.2, 0.25) is 0 Å². The molecule has 1 heteroatoms. The van der Waals surface area contributed by atoms with Gasteiger partial charge in [0.1, 0.15) is 0 Å². The maximum absolute atomic E-state index is 11.0. The molecule has 0 amide bonds. The van der Waals surface area contributed by atoms with Crippen molar-refractivity contribution in [1.29, 1.82) is 0 Å². The van der Waals surface area contributed by atoms with Crippen LogP contribution in [0, 0.1) is 29.1 Å². The van der Waals surface area contributed by atoms with Gasteiger partial charge in [0.05, 0.1) is 5.60 Å². The molecule has 0 aromatic carbocycles. The zero-order chi connectivity index (χ0) is 11.7. The van der Waals surface area contributed by atoms with Gasteiger partial charge < -0.3 is 5.11 Å². The van der Waals surface area contributed by atoms with Crippen molar-refractivity contribution in [1.82, 2.24) is 0 Å². The zero-order valence-corrected chi connectivity index (χ0v) is 10.8. The largest absolute Gasteiger partial charge is 0.385 e. The lowest BCUT2D eigenvalue weighted by atomic mass is 9.76. The van der Waals surface area contributed by atoms with Crippen LogP contribution in [-0.2, 0) is 0 Å². The van der Waals surface area contributed by atoms with Crippen LogP contribution in [0.5, 0.6) is 0 Å². The van der Waals surface area contributed by atoms with Gasteiger partial charge in [-0.25, -0.2) is 0 Å². The molecule has 90 valence electrons. The molecule has 0 spiro atoms. The fourth-order valence-electron chi connectivity index (χ4n) is 4.93. The minimum Gasteiger partial charge on any atom is -0.385 e. The quantitative estimate of drug-likeness (QED) is 0.620. The third-order valence-corrected chi connectivity index (χ3v) is 6.04. The fraction of sp³-hybridized carbons (Fsp3) is 0.867. The topological polar surface area (TPSA) is 20.2 Å². The summed E-state index contributed by atoms with van der Waals surface area (Å²) < 4.78 is 0. The summed E-state index contributed by atoms with van der Waals surface area (Å²) in [5.74, 6) is 2.75. The minimum absolute atomic E-state index is 0.470. The van der Waals surface area contributed by atoms with E-state index in [0.717, 1.165) is 30.3 Å². The van der Waals surface area contributed by atoms with Crippen LogP contribution in [0.3, 0.4) is 0 Å². The van der Waals surface area contributed by atoms with Gasteiger partial charge in [0.25, 0.3) is 0 Å². The minimum atomic E-state index is -0.521. The van der Waals surface area contributed by atoms with Crippen molar-refractivity contribution < 1.29 is 5.11 Å². The van der Waals surface area contributed by atoms with Gasteiger partial charge in [-0.15, -0.1) is 0 Å². The first-order valence-corrected chi connectivity index (χ1v) is 6.79. The first-order chi connectivity index (χ1) is 7.39. The summed E-state index contributed by atoms with van der Waals surface area (Å²) in [5, 5.41) is 11.0. The van der Waals surface area contributed by atoms with Crippen LogP contribution in [0.15, 0.2) is 12.2 Å². The molecule has 0 radical (unpaired) electrons. The third-order valence-electron chi connectivity index (χ3n) is 6.04. The summed E-state index contributed by atoms with van der Waals surface area (Å²) in [5.41, 5.74) is 1.08. The van der Waals surface area contributed by atoms with Gasteiger partial charge in [0.2, 0.25) is 0 Å². The third kappa shape index (κ3) is 1.11. The molecular formula is C15H24O. The van der Waals surface area contributed by atoms with E-state index in [1.54, 1.807) is 0 Å². The second-order valence-electron chi connectivity index (χ2n) is 7.06. The number of aliphatic hydroxyl groups is 1. The summed E-state index contributed by atoms with van der Waals surface area (Å²) in [4.78, 5) is 0. The predicted octanol–water partition coefficient (Wildman–Crippen LogP) is 3.39. The smallest absolute Gasteiger partial charge is 0.0887 e. The van der Waals surface area contributed by atoms with Crippen molar-refractivity contribution >= 4 is 0 Å². The monoisotopic (exact) mass is 220 g/mol. The molecular weight excluding hydrogens is 196 g/mol. The van der Waals surface area contributed by atoms with Crippen molar-refractivity contribution in [2.75, 3.05) is 0 Å². The molecule has 0 bridgehead atoms. The van der Waals surface area contributed by atoms with Gasteiger partial charge in [0.15, 0.2) is 0 Å². The molecule has 3 aliphatic rings. The van der Waals surface area contributed by atoms with Crippen LogP contribution in [0.4, 0.5) is 0 Å². The van der Waals surface area contributed by atoms with Gasteiger partial charge in [-0.1, -0.05) is 27.4 Å². The lowest BCUT2D eigenvalue weighted by Crippen LogP contribution is -2.38. The Balaban J connectivity index is 2.01. The summed E-state index contributed by atoms with van der Waals surface area (Å²) in [6.07, 6.45) is 4.43. The fourth-order valence-corrected chi connectivity index (χ4v) is 4.93. The van der Waals surface area contributed by atoms with Gasteiger partial charge in [0, 0.05) is 0 Å². The van der Waals surface area contributed by atoms with Crippen LogP contribution in [0.1, 0.15) is 46.5 Å². The Bertz CT molecular complexity index is 343. The molecule has 3 aliphatic carbocycles. The van der Waals surface area contributed by atoms with E-state index in [9.17, 15) is 5.11 Å². The average Bonchev–Trinajstić information content (AvgIpc) is 2.64. The van der Waals surface area contributed by atoms with E-state index in [-0.39, 0.29) is 0 Å². The summed E-state index contributed by atoms with van der Waals surface area (Å²) in [6.45, 7) is 11.3. The predicted molar refractivity (Wildman–Crippen MR) is 66.0 cm³/mol. The van der Waals surface area contributed by atoms with E-state index >= 15 is 0 Å². The van der Waals surface area contributed by atoms with Crippen molar-refractivity contribution in [2.45, 2.75) is 52.1 Å². The second kappa shape index (κ2) is 2.93. The van der Waals surface area contributed by atoms with E-state index in [4.69, 9.17) is 0 Å². The standard InChI is InChI=1S/C15H24O/c1-9-7-8-15(16)10(2)5-6-11-13(12(9)15)14(11,3)4/h9,11-13,16H,2,5-8H2,1,3-4H3/t9-,11-,12?,13-,15+/m1/s1. The maximum Gasteiger partial charge on any atom is 0.0887 e. The summed E-state index contributed by atoms with van der Waals surface area (Å²) in [7, 11) is 0. The molecule has 1 unspecified atom stereocenters. The molecule has 0 heterocycles. The molecule has 0 aromatic rings. The normalized spacial score (nSPS) is 54.1. The highest BCUT2D eigenvalue weighted by atomic mass is 16.3. The molecule has 3 rings (SSSR count). The Morgan fingerprint density at radius 3 is 2.62 bits per heavy atom. The second-order valence-corrected chi connectivity index (χ2v) is 7.06. The van der Waals surface area contributed by atoms with Crippen LogP contribution in [-0.4, -0.2) is 10.7 Å². The van der Waals surface area contributed by atoms with Crippen LogP contribution in [0.25, 0.3) is 0 Å². The molecule has 1 N–H and O–H groups in total. The van der Waals surface area contributed by atoms with E-state index in [1.807, 2.05) is 0 Å². The molecule has 3 fully saturated rings. The highest BCUT2D eigenvalue weighted by Crippen LogP contribution is 2.71. The van der Waals surface area contributed by atoms with Gasteiger partial charge in [-0.3, -0.25) is 0 Å². The van der Waals surface area contributed by atoms with Crippen molar-refractivity contribution in [3.8, 4) is 0 Å². The lowest BCUT2D eigenvalue weighted by Gasteiger charge is -2.34. The molecule has 5 atom stereocenters. The Hall–Kier alpha value is -0.300. The van der Waals surface area contributed by atoms with Crippen molar-refractivity contribution in [2.24, 2.45) is 29.1 Å². The molecule has 3 saturated carbocycles. The lowest BCUT2D eigenvalue weighted by molar-refractivity contribution is 0.0137. The Kier molecular flexibility index (Phi) is 1.98. The first-order valence-electron chi connectivity index (χ1n) is 6.79. The van der Waals surface area contributed by atoms with Gasteiger partial charge in [-0.2, -0.15) is 0 Å². The Morgan fingerprint density at radius 2 is 1.94 bits per heavy atom. The van der Waals surface area contributed by atoms with Crippen molar-refractivity contribution in [3.63, 3.8) is 0 Å². The SMILES string of the molecule is C=C1CC[C@@H]2[C@H](C3[C@H](C)CC[C@]13O)C2(C)C. The average molecular weight is 220 g/mol. The highest BCUT2D eigenvalue weighted by Gasteiger charge is 2.68. The number of fused-ring (bicyclic) bond motifs is 3. The van der Waals surface area contributed by atoms with Crippen LogP contribution < -0.4 is 0 Å². The van der Waals surface area contributed by atoms with Crippen molar-refractivity contribution in [3.05, 3.63) is 12.2 Å². The van der Waals surface area contributed by atoms with E-state index < -0.39 is 5.60 Å². The molecule has 0 aliphatic heterocycles. The Labute approximate surface area is 98.9 Å². The van der Waals surface area contributed by atoms with Gasteiger partial charge in [-0.05, 0) is 60.3 Å². The summed E-state index contributed by atoms with van der Waals surface area (Å²) >= 11 is 0. The molecule has 0 saturated heterocycles. The number of rotatable bonds is 0. The van der Waals surface area contributed by atoms with E-state index in [1.165, 1.54) is 12.8 Å². The highest BCUT2D eigenvalue weighted by molar-refractivity contribution is 5.27. The molecule has 16 heavy (non-hydrogen) atoms. The van der Waals surface area contributed by atoms with E-state index in [0.29, 0.717) is 17.3 Å². The number of hydrogen-bond donors (Lipinski definition) is 1.